The molecule has 4 fully saturated rings. The van der Waals surface area contributed by atoms with Crippen molar-refractivity contribution in [3.63, 3.8) is 0 Å². The summed E-state index contributed by atoms with van der Waals surface area (Å²) < 4.78 is 6.12. The third-order valence-corrected chi connectivity index (χ3v) is 10.3. The van der Waals surface area contributed by atoms with E-state index in [4.69, 9.17) is 4.74 Å². The molecule has 0 amide bonds. The molecule has 4 aliphatic carbocycles. The van der Waals surface area contributed by atoms with Crippen molar-refractivity contribution in [1.29, 1.82) is 0 Å². The molecule has 29 heavy (non-hydrogen) atoms. The molecule has 8 atom stereocenters. The maximum atomic E-state index is 12.6. The first-order valence-corrected chi connectivity index (χ1v) is 12.8. The van der Waals surface area contributed by atoms with Crippen molar-refractivity contribution in [3.05, 3.63) is 0 Å². The molecule has 0 unspecified atom stereocenters. The van der Waals surface area contributed by atoms with Crippen LogP contribution in [-0.2, 0) is 9.53 Å². The Labute approximate surface area is 186 Å². The van der Waals surface area contributed by atoms with E-state index >= 15 is 0 Å². The molecule has 1 N–H and O–H groups in total. The maximum absolute atomic E-state index is 12.6. The highest BCUT2D eigenvalue weighted by Gasteiger charge is 2.63. The van der Waals surface area contributed by atoms with Crippen molar-refractivity contribution >= 4 is 21.7 Å². The topological polar surface area (TPSA) is 46.5 Å². The van der Waals surface area contributed by atoms with Gasteiger partial charge in [0, 0.05) is 12.5 Å². The predicted molar refractivity (Wildman–Crippen MR) is 122 cm³/mol. The van der Waals surface area contributed by atoms with E-state index in [1.165, 1.54) is 32.1 Å². The normalized spacial score (nSPS) is 48.8. The van der Waals surface area contributed by atoms with E-state index in [1.807, 2.05) is 6.92 Å². The zero-order valence-corrected chi connectivity index (χ0v) is 19.6. The Balaban J connectivity index is 0.00000240. The largest absolute Gasteiger partial charge is 0.390 e. The Morgan fingerprint density at radius 2 is 1.83 bits per heavy atom. The van der Waals surface area contributed by atoms with Crippen LogP contribution in [0.3, 0.4) is 0 Å². The van der Waals surface area contributed by atoms with Crippen LogP contribution in [0.25, 0.3) is 0 Å². The number of ketones is 1. The van der Waals surface area contributed by atoms with Crippen LogP contribution in [0.2, 0.25) is 0 Å². The minimum Gasteiger partial charge on any atom is -0.390 e. The Hall–Kier alpha value is 0.0700. The third kappa shape index (κ3) is 3.78. The van der Waals surface area contributed by atoms with Crippen LogP contribution >= 0.6 is 15.9 Å². The second-order valence-corrected chi connectivity index (χ2v) is 11.6. The fourth-order valence-corrected chi connectivity index (χ4v) is 8.82. The van der Waals surface area contributed by atoms with Crippen LogP contribution in [0.1, 0.15) is 86.0 Å². The number of ether oxygens (including phenoxy) is 1. The molecular formula is C25H43BrO3. The van der Waals surface area contributed by atoms with Gasteiger partial charge in [0.2, 0.25) is 0 Å². The van der Waals surface area contributed by atoms with Gasteiger partial charge in [-0.2, -0.15) is 0 Å². The molecule has 4 saturated carbocycles. The molecule has 0 aromatic heterocycles. The van der Waals surface area contributed by atoms with Crippen molar-refractivity contribution in [1.82, 2.24) is 0 Å². The van der Waals surface area contributed by atoms with Gasteiger partial charge in [0.25, 0.3) is 0 Å². The van der Waals surface area contributed by atoms with E-state index in [-0.39, 0.29) is 24.2 Å². The molecular weight excluding hydrogens is 428 g/mol. The summed E-state index contributed by atoms with van der Waals surface area (Å²) in [7, 11) is 0. The van der Waals surface area contributed by atoms with E-state index in [0.717, 1.165) is 44.8 Å². The summed E-state index contributed by atoms with van der Waals surface area (Å²) in [5.41, 5.74) is -0.0526. The Kier molecular flexibility index (Phi) is 6.99. The van der Waals surface area contributed by atoms with Gasteiger partial charge in [0.15, 0.2) is 0 Å². The SMILES string of the molecule is C.CCOC[C@]12CC[C@@](C)(O)C[C@@H]1CC[C@H]1[C@@H]3CC[C@H](C(=O)CBr)[C@@]3(C)CC[C@@H]12. The van der Waals surface area contributed by atoms with Gasteiger partial charge in [-0.05, 0) is 106 Å². The fraction of sp³-hybridized carbons (Fsp3) is 0.960. The quantitative estimate of drug-likeness (QED) is 0.500. The summed E-state index contributed by atoms with van der Waals surface area (Å²) in [6.45, 7) is 8.23. The number of Topliss-reactive ketones (excluding diaryl/α,β-unsaturated/α-hetero) is 1. The first-order chi connectivity index (χ1) is 13.3. The highest BCUT2D eigenvalue weighted by molar-refractivity contribution is 9.09. The first kappa shape index (κ1) is 23.7. The molecule has 0 heterocycles. The number of hydrogen-bond donors (Lipinski definition) is 1. The maximum Gasteiger partial charge on any atom is 0.147 e. The van der Waals surface area contributed by atoms with Crippen molar-refractivity contribution in [2.45, 2.75) is 91.6 Å². The second kappa shape index (κ2) is 8.54. The molecule has 0 aromatic carbocycles. The molecule has 0 saturated heterocycles. The minimum atomic E-state index is -0.503. The smallest absolute Gasteiger partial charge is 0.147 e. The number of alkyl halides is 1. The number of carbonyl (C=O) groups excluding carboxylic acids is 1. The summed E-state index contributed by atoms with van der Waals surface area (Å²) >= 11 is 3.44. The van der Waals surface area contributed by atoms with Crippen LogP contribution in [0.5, 0.6) is 0 Å². The number of carbonyl (C=O) groups is 1. The highest BCUT2D eigenvalue weighted by atomic mass is 79.9. The number of fused-ring (bicyclic) bond motifs is 5. The fourth-order valence-electron chi connectivity index (χ4n) is 8.43. The molecule has 4 rings (SSSR count). The van der Waals surface area contributed by atoms with E-state index in [9.17, 15) is 9.90 Å². The average molecular weight is 472 g/mol. The molecule has 0 spiro atoms. The molecule has 3 nitrogen and oxygen atoms in total. The van der Waals surface area contributed by atoms with Gasteiger partial charge in [0.1, 0.15) is 5.78 Å². The second-order valence-electron chi connectivity index (χ2n) is 11.0. The molecule has 0 aromatic rings. The van der Waals surface area contributed by atoms with Crippen LogP contribution in [0.15, 0.2) is 0 Å². The van der Waals surface area contributed by atoms with Crippen molar-refractivity contribution in [3.8, 4) is 0 Å². The molecule has 0 bridgehead atoms. The van der Waals surface area contributed by atoms with Crippen LogP contribution in [0, 0.1) is 40.4 Å². The van der Waals surface area contributed by atoms with Crippen molar-refractivity contribution < 1.29 is 14.6 Å². The minimum absolute atomic E-state index is 0. The first-order valence-electron chi connectivity index (χ1n) is 11.7. The lowest BCUT2D eigenvalue weighted by Gasteiger charge is -2.62. The predicted octanol–water partition coefficient (Wildman–Crippen LogP) is 6.01. The summed E-state index contributed by atoms with van der Waals surface area (Å²) in [5.74, 6) is 3.42. The van der Waals surface area contributed by atoms with Crippen molar-refractivity contribution in [2.24, 2.45) is 40.4 Å². The third-order valence-electron chi connectivity index (χ3n) is 9.75. The summed E-state index contributed by atoms with van der Waals surface area (Å²) in [4.78, 5) is 12.6. The molecule has 4 heteroatoms. The summed E-state index contributed by atoms with van der Waals surface area (Å²) in [6, 6.07) is 0. The number of hydrogen-bond acceptors (Lipinski definition) is 3. The number of halogens is 1. The zero-order valence-electron chi connectivity index (χ0n) is 18.0. The van der Waals surface area contributed by atoms with Gasteiger partial charge >= 0.3 is 0 Å². The van der Waals surface area contributed by atoms with E-state index < -0.39 is 5.60 Å². The van der Waals surface area contributed by atoms with Gasteiger partial charge in [-0.1, -0.05) is 30.3 Å². The average Bonchev–Trinajstić information content (AvgIpc) is 3.02. The summed E-state index contributed by atoms with van der Waals surface area (Å²) in [6.07, 6.45) is 10.2. The lowest BCUT2D eigenvalue weighted by atomic mass is 9.43. The van der Waals surface area contributed by atoms with Gasteiger partial charge < -0.3 is 9.84 Å². The van der Waals surface area contributed by atoms with Gasteiger partial charge in [-0.15, -0.1) is 0 Å². The lowest BCUT2D eigenvalue weighted by Crippen LogP contribution is -2.58. The van der Waals surface area contributed by atoms with E-state index in [1.54, 1.807) is 0 Å². The van der Waals surface area contributed by atoms with Crippen LogP contribution in [0.4, 0.5) is 0 Å². The standard InChI is InChI=1S/C24H39BrO3.CH4/c1-4-28-15-24-12-11-22(2,27)13-16(24)5-6-17-18-7-8-20(21(26)14-25)23(18,3)10-9-19(17)24;/h16-20,27H,4-15H2,1-3H3;1H4/t16-,17-,18-,19-,20+,22+,23-,24+;/m0./s1. The number of aliphatic hydroxyl groups is 1. The van der Waals surface area contributed by atoms with Crippen molar-refractivity contribution in [2.75, 3.05) is 18.5 Å². The molecule has 168 valence electrons. The van der Waals surface area contributed by atoms with E-state index in [2.05, 4.69) is 29.8 Å². The van der Waals surface area contributed by atoms with Gasteiger partial charge in [-0.25, -0.2) is 0 Å². The van der Waals surface area contributed by atoms with Crippen LogP contribution < -0.4 is 0 Å². The van der Waals surface area contributed by atoms with Gasteiger partial charge in [0.05, 0.1) is 17.5 Å². The molecule has 0 radical (unpaired) electrons. The van der Waals surface area contributed by atoms with Gasteiger partial charge in [-0.3, -0.25) is 4.79 Å². The Morgan fingerprint density at radius 1 is 1.07 bits per heavy atom. The molecule has 4 aliphatic rings. The molecule has 0 aliphatic heterocycles. The monoisotopic (exact) mass is 470 g/mol. The van der Waals surface area contributed by atoms with E-state index in [0.29, 0.717) is 28.9 Å². The Morgan fingerprint density at radius 3 is 2.52 bits per heavy atom. The lowest BCUT2D eigenvalue weighted by molar-refractivity contribution is -0.178. The zero-order chi connectivity index (χ0) is 20.2. The Bertz CT molecular complexity index is 605. The number of rotatable bonds is 5. The van der Waals surface area contributed by atoms with Crippen LogP contribution in [-0.4, -0.2) is 35.0 Å². The highest BCUT2D eigenvalue weighted by Crippen LogP contribution is 2.68. The summed E-state index contributed by atoms with van der Waals surface area (Å²) in [5, 5.41) is 11.3.